The predicted molar refractivity (Wildman–Crippen MR) is 91.5 cm³/mol. The number of hydrogen-bond donors (Lipinski definition) is 1. The SMILES string of the molecule is CCNC(=O)[C@H]1CCCN(Cc2ccc(SC)c(OC)c2)C1. The molecule has 1 aliphatic heterocycles. The minimum Gasteiger partial charge on any atom is -0.496 e. The van der Waals surface area contributed by atoms with Crippen LogP contribution in [0.1, 0.15) is 25.3 Å². The molecular weight excluding hydrogens is 296 g/mol. The zero-order chi connectivity index (χ0) is 15.9. The number of ether oxygens (including phenoxy) is 1. The molecule has 5 heteroatoms. The zero-order valence-electron chi connectivity index (χ0n) is 13.7. The second-order valence-electron chi connectivity index (χ2n) is 5.66. The van der Waals surface area contributed by atoms with Crippen LogP contribution in [0.3, 0.4) is 0 Å². The molecule has 1 amide bonds. The lowest BCUT2D eigenvalue weighted by Gasteiger charge is -2.32. The topological polar surface area (TPSA) is 41.6 Å². The second-order valence-corrected chi connectivity index (χ2v) is 6.51. The Kier molecular flexibility index (Phi) is 6.58. The molecule has 1 aromatic carbocycles. The smallest absolute Gasteiger partial charge is 0.224 e. The fraction of sp³-hybridized carbons (Fsp3) is 0.588. The van der Waals surface area contributed by atoms with Crippen LogP contribution in [0.5, 0.6) is 5.75 Å². The number of hydrogen-bond acceptors (Lipinski definition) is 4. The van der Waals surface area contributed by atoms with Gasteiger partial charge in [0.05, 0.1) is 13.0 Å². The van der Waals surface area contributed by atoms with E-state index in [9.17, 15) is 4.79 Å². The molecule has 0 bridgehead atoms. The third kappa shape index (κ3) is 4.40. The Labute approximate surface area is 137 Å². The lowest BCUT2D eigenvalue weighted by molar-refractivity contribution is -0.126. The van der Waals surface area contributed by atoms with Crippen LogP contribution in [0.4, 0.5) is 0 Å². The molecule has 0 aliphatic carbocycles. The van der Waals surface area contributed by atoms with Crippen molar-refractivity contribution in [2.24, 2.45) is 5.92 Å². The highest BCUT2D eigenvalue weighted by atomic mass is 32.2. The quantitative estimate of drug-likeness (QED) is 0.818. The Morgan fingerprint density at radius 3 is 3.00 bits per heavy atom. The number of amides is 1. The molecular formula is C17H26N2O2S. The summed E-state index contributed by atoms with van der Waals surface area (Å²) < 4.78 is 5.45. The molecule has 0 unspecified atom stereocenters. The molecule has 122 valence electrons. The lowest BCUT2D eigenvalue weighted by Crippen LogP contribution is -2.42. The van der Waals surface area contributed by atoms with Crippen molar-refractivity contribution in [1.29, 1.82) is 0 Å². The summed E-state index contributed by atoms with van der Waals surface area (Å²) in [6, 6.07) is 6.38. The first-order valence-corrected chi connectivity index (χ1v) is 9.11. The number of nitrogens with one attached hydrogen (secondary N) is 1. The van der Waals surface area contributed by atoms with Gasteiger partial charge < -0.3 is 10.1 Å². The molecule has 0 aromatic heterocycles. The van der Waals surface area contributed by atoms with Crippen LogP contribution in [0.2, 0.25) is 0 Å². The van der Waals surface area contributed by atoms with Crippen LogP contribution in [0.25, 0.3) is 0 Å². The maximum absolute atomic E-state index is 12.0. The average molecular weight is 322 g/mol. The van der Waals surface area contributed by atoms with Crippen molar-refractivity contribution in [2.45, 2.75) is 31.2 Å². The number of nitrogens with zero attached hydrogens (tertiary/aromatic N) is 1. The van der Waals surface area contributed by atoms with Gasteiger partial charge in [0.2, 0.25) is 5.91 Å². The highest BCUT2D eigenvalue weighted by molar-refractivity contribution is 7.98. The zero-order valence-corrected chi connectivity index (χ0v) is 14.5. The lowest BCUT2D eigenvalue weighted by atomic mass is 9.96. The number of methoxy groups -OCH3 is 1. The molecule has 1 N–H and O–H groups in total. The van der Waals surface area contributed by atoms with E-state index >= 15 is 0 Å². The van der Waals surface area contributed by atoms with Gasteiger partial charge in [0, 0.05) is 24.5 Å². The van der Waals surface area contributed by atoms with Gasteiger partial charge in [0.1, 0.15) is 5.75 Å². The van der Waals surface area contributed by atoms with Gasteiger partial charge in [-0.3, -0.25) is 9.69 Å². The van der Waals surface area contributed by atoms with Crippen molar-refractivity contribution in [3.05, 3.63) is 23.8 Å². The van der Waals surface area contributed by atoms with Gasteiger partial charge in [0.25, 0.3) is 0 Å². The van der Waals surface area contributed by atoms with E-state index < -0.39 is 0 Å². The molecule has 2 rings (SSSR count). The van der Waals surface area contributed by atoms with E-state index in [1.54, 1.807) is 18.9 Å². The van der Waals surface area contributed by atoms with Crippen molar-refractivity contribution in [2.75, 3.05) is 33.0 Å². The van der Waals surface area contributed by atoms with E-state index in [-0.39, 0.29) is 11.8 Å². The molecule has 1 fully saturated rings. The first-order valence-electron chi connectivity index (χ1n) is 7.88. The maximum atomic E-state index is 12.0. The van der Waals surface area contributed by atoms with Gasteiger partial charge in [0.15, 0.2) is 0 Å². The standard InChI is InChI=1S/C17H26N2O2S/c1-4-18-17(20)14-6-5-9-19(12-14)11-13-7-8-16(22-3)15(10-13)21-2/h7-8,10,14H,4-6,9,11-12H2,1-3H3,(H,18,20)/t14-/m0/s1. The Hall–Kier alpha value is -1.20. The largest absolute Gasteiger partial charge is 0.496 e. The molecule has 0 spiro atoms. The third-order valence-corrected chi connectivity index (χ3v) is 4.86. The van der Waals surface area contributed by atoms with Crippen LogP contribution >= 0.6 is 11.8 Å². The summed E-state index contributed by atoms with van der Waals surface area (Å²) in [5, 5.41) is 2.94. The molecule has 1 atom stereocenters. The third-order valence-electron chi connectivity index (χ3n) is 4.08. The van der Waals surface area contributed by atoms with E-state index in [0.29, 0.717) is 6.54 Å². The fourth-order valence-electron chi connectivity index (χ4n) is 2.97. The van der Waals surface area contributed by atoms with Gasteiger partial charge >= 0.3 is 0 Å². The summed E-state index contributed by atoms with van der Waals surface area (Å²) in [5.74, 6) is 1.26. The molecule has 4 nitrogen and oxygen atoms in total. The Morgan fingerprint density at radius 2 is 2.32 bits per heavy atom. The van der Waals surface area contributed by atoms with E-state index in [4.69, 9.17) is 4.74 Å². The van der Waals surface area contributed by atoms with Gasteiger partial charge in [-0.25, -0.2) is 0 Å². The minimum absolute atomic E-state index is 0.126. The van der Waals surface area contributed by atoms with Crippen LogP contribution in [-0.4, -0.2) is 43.8 Å². The van der Waals surface area contributed by atoms with Crippen molar-refractivity contribution in [3.8, 4) is 5.75 Å². The van der Waals surface area contributed by atoms with Crippen molar-refractivity contribution < 1.29 is 9.53 Å². The van der Waals surface area contributed by atoms with Gasteiger partial charge in [-0.2, -0.15) is 0 Å². The summed E-state index contributed by atoms with van der Waals surface area (Å²) in [6.45, 7) is 5.46. The number of piperidine rings is 1. The molecule has 22 heavy (non-hydrogen) atoms. The monoisotopic (exact) mass is 322 g/mol. The number of carbonyl (C=O) groups is 1. The normalized spacial score (nSPS) is 19.0. The summed E-state index contributed by atoms with van der Waals surface area (Å²) >= 11 is 1.69. The van der Waals surface area contributed by atoms with E-state index in [0.717, 1.165) is 43.1 Å². The summed E-state index contributed by atoms with van der Waals surface area (Å²) in [5.41, 5.74) is 1.24. The molecule has 1 aliphatic rings. The van der Waals surface area contributed by atoms with Gasteiger partial charge in [-0.15, -0.1) is 11.8 Å². The van der Waals surface area contributed by atoms with E-state index in [1.807, 2.05) is 6.92 Å². The summed E-state index contributed by atoms with van der Waals surface area (Å²) in [7, 11) is 1.71. The van der Waals surface area contributed by atoms with E-state index in [2.05, 4.69) is 34.7 Å². The predicted octanol–water partition coefficient (Wildman–Crippen LogP) is 2.77. The first-order chi connectivity index (χ1) is 10.7. The summed E-state index contributed by atoms with van der Waals surface area (Å²) in [6.07, 6.45) is 4.14. The summed E-state index contributed by atoms with van der Waals surface area (Å²) in [4.78, 5) is 15.5. The van der Waals surface area contributed by atoms with E-state index in [1.165, 1.54) is 5.56 Å². The molecule has 1 saturated heterocycles. The van der Waals surface area contributed by atoms with Crippen molar-refractivity contribution in [1.82, 2.24) is 10.2 Å². The second kappa shape index (κ2) is 8.44. The van der Waals surface area contributed by atoms with Crippen molar-refractivity contribution >= 4 is 17.7 Å². The first kappa shape index (κ1) is 17.2. The average Bonchev–Trinajstić information content (AvgIpc) is 2.55. The number of likely N-dealkylation sites (tertiary alicyclic amines) is 1. The fourth-order valence-corrected chi connectivity index (χ4v) is 3.52. The Balaban J connectivity index is 1.99. The Morgan fingerprint density at radius 1 is 1.50 bits per heavy atom. The molecule has 1 heterocycles. The molecule has 1 aromatic rings. The van der Waals surface area contributed by atoms with Crippen LogP contribution in [0, 0.1) is 5.92 Å². The molecule has 0 radical (unpaired) electrons. The van der Waals surface area contributed by atoms with Crippen molar-refractivity contribution in [3.63, 3.8) is 0 Å². The number of rotatable bonds is 6. The highest BCUT2D eigenvalue weighted by Gasteiger charge is 2.25. The number of thioether (sulfide) groups is 1. The minimum atomic E-state index is 0.126. The Bertz CT molecular complexity index is 507. The maximum Gasteiger partial charge on any atom is 0.224 e. The molecule has 0 saturated carbocycles. The van der Waals surface area contributed by atoms with Gasteiger partial charge in [-0.05, 0) is 50.3 Å². The number of benzene rings is 1. The van der Waals surface area contributed by atoms with Crippen LogP contribution < -0.4 is 10.1 Å². The van der Waals surface area contributed by atoms with Crippen LogP contribution in [-0.2, 0) is 11.3 Å². The highest BCUT2D eigenvalue weighted by Crippen LogP contribution is 2.29. The van der Waals surface area contributed by atoms with Crippen LogP contribution in [0.15, 0.2) is 23.1 Å². The van der Waals surface area contributed by atoms with Gasteiger partial charge in [-0.1, -0.05) is 6.07 Å². The number of carbonyl (C=O) groups excluding carboxylic acids is 1.